The van der Waals surface area contributed by atoms with Crippen molar-refractivity contribution in [1.82, 2.24) is 5.43 Å². The maximum absolute atomic E-state index is 12.6. The van der Waals surface area contributed by atoms with Crippen LogP contribution in [-0.4, -0.2) is 36.2 Å². The summed E-state index contributed by atoms with van der Waals surface area (Å²) in [5.74, 6) is -0.963. The number of benzene rings is 3. The number of phenols is 1. The molecule has 4 rings (SSSR count). The Morgan fingerprint density at radius 1 is 1.00 bits per heavy atom. The maximum atomic E-state index is 12.6. The Labute approximate surface area is 177 Å². The minimum absolute atomic E-state index is 0.00170. The quantitative estimate of drug-likeness (QED) is 0.378. The first-order valence-electron chi connectivity index (χ1n) is 9.28. The highest BCUT2D eigenvalue weighted by Crippen LogP contribution is 2.28. The van der Waals surface area contributed by atoms with Gasteiger partial charge in [0.2, 0.25) is 0 Å². The molecule has 1 aliphatic rings. The zero-order valence-corrected chi connectivity index (χ0v) is 16.4. The summed E-state index contributed by atoms with van der Waals surface area (Å²) in [4.78, 5) is 38.5. The number of anilines is 1. The second kappa shape index (κ2) is 8.11. The molecule has 1 aliphatic heterocycles. The van der Waals surface area contributed by atoms with E-state index in [2.05, 4.69) is 10.5 Å². The van der Waals surface area contributed by atoms with Gasteiger partial charge in [0.05, 0.1) is 30.1 Å². The average molecular weight is 415 g/mol. The van der Waals surface area contributed by atoms with Crippen LogP contribution in [-0.2, 0) is 0 Å². The van der Waals surface area contributed by atoms with E-state index in [0.717, 1.165) is 4.90 Å². The fraction of sp³-hybridized carbons (Fsp3) is 0.0435. The minimum Gasteiger partial charge on any atom is -0.504 e. The Balaban J connectivity index is 1.44. The monoisotopic (exact) mass is 415 g/mol. The molecule has 0 atom stereocenters. The van der Waals surface area contributed by atoms with Gasteiger partial charge in [-0.3, -0.25) is 14.4 Å². The van der Waals surface area contributed by atoms with Crippen molar-refractivity contribution in [2.45, 2.75) is 0 Å². The van der Waals surface area contributed by atoms with Gasteiger partial charge < -0.3 is 9.84 Å². The number of fused-ring (bicyclic) bond motifs is 1. The van der Waals surface area contributed by atoms with Crippen molar-refractivity contribution in [3.63, 3.8) is 0 Å². The van der Waals surface area contributed by atoms with Gasteiger partial charge in [-0.1, -0.05) is 12.1 Å². The molecule has 0 aromatic heterocycles. The number of nitrogens with zero attached hydrogens (tertiary/aromatic N) is 2. The first-order chi connectivity index (χ1) is 15.0. The Bertz CT molecular complexity index is 1180. The maximum Gasteiger partial charge on any atom is 0.271 e. The molecule has 31 heavy (non-hydrogen) atoms. The predicted molar refractivity (Wildman–Crippen MR) is 114 cm³/mol. The lowest BCUT2D eigenvalue weighted by Gasteiger charge is -2.14. The van der Waals surface area contributed by atoms with Crippen LogP contribution in [0.1, 0.15) is 36.6 Å². The van der Waals surface area contributed by atoms with Gasteiger partial charge >= 0.3 is 0 Å². The van der Waals surface area contributed by atoms with Crippen LogP contribution < -0.4 is 15.1 Å². The topological polar surface area (TPSA) is 108 Å². The highest BCUT2D eigenvalue weighted by atomic mass is 16.5. The van der Waals surface area contributed by atoms with Crippen molar-refractivity contribution < 1.29 is 24.2 Å². The van der Waals surface area contributed by atoms with Crippen LogP contribution in [0.5, 0.6) is 11.5 Å². The van der Waals surface area contributed by atoms with E-state index >= 15 is 0 Å². The Morgan fingerprint density at radius 3 is 2.26 bits per heavy atom. The molecule has 154 valence electrons. The van der Waals surface area contributed by atoms with Crippen molar-refractivity contribution in [2.75, 3.05) is 12.0 Å². The van der Waals surface area contributed by atoms with Crippen molar-refractivity contribution in [3.8, 4) is 11.5 Å². The highest BCUT2D eigenvalue weighted by Gasteiger charge is 2.36. The van der Waals surface area contributed by atoms with E-state index in [9.17, 15) is 19.5 Å². The van der Waals surface area contributed by atoms with E-state index in [0.29, 0.717) is 33.7 Å². The largest absolute Gasteiger partial charge is 0.504 e. The van der Waals surface area contributed by atoms with Crippen molar-refractivity contribution >= 4 is 29.6 Å². The fourth-order valence-electron chi connectivity index (χ4n) is 3.19. The first kappa shape index (κ1) is 19.8. The third kappa shape index (κ3) is 3.74. The SMILES string of the molecule is COc1cc(C=NNC(=O)c2ccc(N3C(=O)c4ccccc4C3=O)cc2)ccc1O. The van der Waals surface area contributed by atoms with Gasteiger partial charge in [-0.2, -0.15) is 5.10 Å². The lowest BCUT2D eigenvalue weighted by Crippen LogP contribution is -2.29. The van der Waals surface area contributed by atoms with Gasteiger partial charge in [-0.05, 0) is 60.2 Å². The van der Waals surface area contributed by atoms with E-state index in [-0.39, 0.29) is 5.75 Å². The fourth-order valence-corrected chi connectivity index (χ4v) is 3.19. The molecule has 0 spiro atoms. The summed E-state index contributed by atoms with van der Waals surface area (Å²) in [5.41, 5.74) is 4.42. The Morgan fingerprint density at radius 2 is 1.65 bits per heavy atom. The van der Waals surface area contributed by atoms with E-state index in [1.165, 1.54) is 43.7 Å². The summed E-state index contributed by atoms with van der Waals surface area (Å²) in [6.45, 7) is 0. The summed E-state index contributed by atoms with van der Waals surface area (Å²) < 4.78 is 5.02. The number of carbonyl (C=O) groups is 3. The van der Waals surface area contributed by atoms with Gasteiger partial charge in [0, 0.05) is 5.56 Å². The number of phenolic OH excluding ortho intramolecular Hbond substituents is 1. The van der Waals surface area contributed by atoms with E-state index in [1.54, 1.807) is 36.4 Å². The second-order valence-electron chi connectivity index (χ2n) is 6.67. The molecule has 0 bridgehead atoms. The molecule has 0 saturated heterocycles. The Hall–Kier alpha value is -4.46. The summed E-state index contributed by atoms with van der Waals surface area (Å²) >= 11 is 0. The molecule has 0 unspecified atom stereocenters. The number of nitrogens with one attached hydrogen (secondary N) is 1. The molecule has 0 fully saturated rings. The van der Waals surface area contributed by atoms with Gasteiger partial charge in [-0.15, -0.1) is 0 Å². The van der Waals surface area contributed by atoms with Gasteiger partial charge in [0.15, 0.2) is 11.5 Å². The molecule has 0 saturated carbocycles. The normalized spacial score (nSPS) is 12.9. The predicted octanol–water partition coefficient (Wildman–Crippen LogP) is 2.97. The number of methoxy groups -OCH3 is 1. The molecule has 8 nitrogen and oxygen atoms in total. The Kier molecular flexibility index (Phi) is 5.19. The summed E-state index contributed by atoms with van der Waals surface area (Å²) in [7, 11) is 1.43. The van der Waals surface area contributed by atoms with Crippen LogP contribution in [0.4, 0.5) is 5.69 Å². The lowest BCUT2D eigenvalue weighted by atomic mass is 10.1. The van der Waals surface area contributed by atoms with Crippen molar-refractivity contribution in [1.29, 1.82) is 0 Å². The van der Waals surface area contributed by atoms with E-state index < -0.39 is 17.7 Å². The average Bonchev–Trinajstić information content (AvgIpc) is 3.05. The van der Waals surface area contributed by atoms with E-state index in [4.69, 9.17) is 4.74 Å². The second-order valence-corrected chi connectivity index (χ2v) is 6.67. The zero-order chi connectivity index (χ0) is 22.0. The standard InChI is InChI=1S/C23H17N3O5/c1-31-20-12-14(6-11-19(20)27)13-24-25-21(28)15-7-9-16(10-8-15)26-22(29)17-4-2-3-5-18(17)23(26)30/h2-13,27H,1H3,(H,25,28). The summed E-state index contributed by atoms with van der Waals surface area (Å²) in [6, 6.07) is 17.4. The van der Waals surface area contributed by atoms with Crippen LogP contribution in [0, 0.1) is 0 Å². The number of hydrogen-bond acceptors (Lipinski definition) is 6. The molecule has 3 aromatic rings. The number of rotatable bonds is 5. The van der Waals surface area contributed by atoms with Gasteiger partial charge in [-0.25, -0.2) is 10.3 Å². The summed E-state index contributed by atoms with van der Waals surface area (Å²) in [6.07, 6.45) is 1.41. The number of hydrogen-bond donors (Lipinski definition) is 2. The van der Waals surface area contributed by atoms with Gasteiger partial charge in [0.1, 0.15) is 0 Å². The van der Waals surface area contributed by atoms with Crippen LogP contribution in [0.25, 0.3) is 0 Å². The number of aromatic hydroxyl groups is 1. The highest BCUT2D eigenvalue weighted by molar-refractivity contribution is 6.34. The van der Waals surface area contributed by atoms with Crippen molar-refractivity contribution in [2.24, 2.45) is 5.10 Å². The number of carbonyl (C=O) groups excluding carboxylic acids is 3. The molecule has 2 N–H and O–H groups in total. The summed E-state index contributed by atoms with van der Waals surface area (Å²) in [5, 5.41) is 13.5. The van der Waals surface area contributed by atoms with Crippen molar-refractivity contribution in [3.05, 3.63) is 89.0 Å². The number of ether oxygens (including phenoxy) is 1. The zero-order valence-electron chi connectivity index (χ0n) is 16.4. The molecule has 3 aromatic carbocycles. The number of amides is 3. The van der Waals surface area contributed by atoms with Crippen LogP contribution in [0.15, 0.2) is 71.8 Å². The smallest absolute Gasteiger partial charge is 0.271 e. The van der Waals surface area contributed by atoms with Crippen LogP contribution in [0.3, 0.4) is 0 Å². The van der Waals surface area contributed by atoms with Crippen LogP contribution in [0.2, 0.25) is 0 Å². The molecular weight excluding hydrogens is 398 g/mol. The van der Waals surface area contributed by atoms with Gasteiger partial charge in [0.25, 0.3) is 17.7 Å². The molecule has 0 radical (unpaired) electrons. The van der Waals surface area contributed by atoms with E-state index in [1.807, 2.05) is 0 Å². The van der Waals surface area contributed by atoms with Crippen LogP contribution >= 0.6 is 0 Å². The third-order valence-electron chi connectivity index (χ3n) is 4.77. The lowest BCUT2D eigenvalue weighted by molar-refractivity contribution is 0.0923. The first-order valence-corrected chi connectivity index (χ1v) is 9.28. The molecule has 8 heteroatoms. The molecular formula is C23H17N3O5. The third-order valence-corrected chi connectivity index (χ3v) is 4.77. The minimum atomic E-state index is -0.462. The molecule has 0 aliphatic carbocycles. The molecule has 1 heterocycles. The molecule has 3 amide bonds. The number of imide groups is 1. The number of hydrazone groups is 1.